The lowest BCUT2D eigenvalue weighted by Crippen LogP contribution is -2.28. The molecule has 0 amide bonds. The van der Waals surface area contributed by atoms with E-state index in [9.17, 15) is 8.42 Å². The molecule has 0 N–H and O–H groups in total. The van der Waals surface area contributed by atoms with Gasteiger partial charge in [-0.1, -0.05) is 0 Å². The Balaban J connectivity index is 2.91. The Bertz CT molecular complexity index is 373. The molecule has 5 heteroatoms. The molecular weight excluding hydrogens is 176 g/mol. The number of aryl methyl sites for hydroxylation is 1. The van der Waals surface area contributed by atoms with Crippen molar-refractivity contribution in [2.24, 2.45) is 7.05 Å². The zero-order valence-electron chi connectivity index (χ0n) is 7.06. The molecule has 0 aliphatic carbocycles. The molecule has 0 bridgehead atoms. The minimum atomic E-state index is -2.97. The average molecular weight is 187 g/mol. The maximum absolute atomic E-state index is 10.9. The first kappa shape index (κ1) is 9.12. The van der Waals surface area contributed by atoms with Crippen molar-refractivity contribution in [2.45, 2.75) is 5.75 Å². The van der Waals surface area contributed by atoms with Gasteiger partial charge in [-0.05, 0) is 0 Å². The maximum atomic E-state index is 10.9. The van der Waals surface area contributed by atoms with Gasteiger partial charge >= 0.3 is 0 Å². The smallest absolute Gasteiger partial charge is 0.191 e. The molecule has 1 heterocycles. The molecule has 12 heavy (non-hydrogen) atoms. The summed E-state index contributed by atoms with van der Waals surface area (Å²) in [6.45, 7) is 0. The molecule has 0 aromatic carbocycles. The summed E-state index contributed by atoms with van der Waals surface area (Å²) in [6.07, 6.45) is 6.23. The van der Waals surface area contributed by atoms with Gasteiger partial charge in [-0.15, -0.1) is 0 Å². The van der Waals surface area contributed by atoms with Gasteiger partial charge in [-0.2, -0.15) is 0 Å². The topological polar surface area (TPSA) is 50.9 Å². The highest BCUT2D eigenvalue weighted by Crippen LogP contribution is 1.96. The van der Waals surface area contributed by atoms with E-state index in [1.165, 1.54) is 6.26 Å². The van der Waals surface area contributed by atoms with Crippen LogP contribution in [0, 0.1) is 0 Å². The number of rotatable bonds is 2. The van der Waals surface area contributed by atoms with Crippen molar-refractivity contribution in [1.29, 1.82) is 0 Å². The fraction of sp³-hybridized carbons (Fsp3) is 0.429. The third kappa shape index (κ3) is 2.96. The van der Waals surface area contributed by atoms with Crippen LogP contribution in [0.4, 0.5) is 0 Å². The Morgan fingerprint density at radius 2 is 2.25 bits per heavy atom. The van der Waals surface area contributed by atoms with Crippen molar-refractivity contribution in [3.8, 4) is 0 Å². The number of hydrogen-bond donors (Lipinski definition) is 0. The number of hydrogen-bond acceptors (Lipinski definition) is 3. The highest BCUT2D eigenvalue weighted by Gasteiger charge is 2.07. The second-order valence-corrected chi connectivity index (χ2v) is 4.92. The summed E-state index contributed by atoms with van der Waals surface area (Å²) in [7, 11) is -1.14. The summed E-state index contributed by atoms with van der Waals surface area (Å²) in [4.78, 5) is 3.92. The van der Waals surface area contributed by atoms with E-state index in [2.05, 4.69) is 4.98 Å². The van der Waals surface area contributed by atoms with Crippen LogP contribution < -0.4 is 4.57 Å². The van der Waals surface area contributed by atoms with Gasteiger partial charge in [-0.3, -0.25) is 0 Å². The lowest BCUT2D eigenvalue weighted by atomic mass is 10.5. The molecule has 1 aromatic rings. The molecule has 1 aromatic heterocycles. The molecular formula is C7H11N2O2S+. The van der Waals surface area contributed by atoms with Gasteiger partial charge in [0.2, 0.25) is 0 Å². The minimum Gasteiger partial charge on any atom is -0.248 e. The summed E-state index contributed by atoms with van der Waals surface area (Å²) in [5.41, 5.74) is 0.572. The van der Waals surface area contributed by atoms with Gasteiger partial charge in [0.1, 0.15) is 12.7 Å². The molecule has 1 rings (SSSR count). The van der Waals surface area contributed by atoms with Crippen LogP contribution in [0.1, 0.15) is 5.69 Å². The van der Waals surface area contributed by atoms with Crippen LogP contribution in [0.5, 0.6) is 0 Å². The second-order valence-electron chi connectivity index (χ2n) is 2.78. The van der Waals surface area contributed by atoms with Gasteiger partial charge in [-0.25, -0.2) is 18.0 Å². The average Bonchev–Trinajstić information content (AvgIpc) is 1.82. The van der Waals surface area contributed by atoms with Gasteiger partial charge in [0.25, 0.3) is 0 Å². The Morgan fingerprint density at radius 1 is 1.58 bits per heavy atom. The van der Waals surface area contributed by atoms with Crippen LogP contribution in [-0.4, -0.2) is 19.7 Å². The molecule has 0 spiro atoms. The van der Waals surface area contributed by atoms with E-state index >= 15 is 0 Å². The largest absolute Gasteiger partial charge is 0.248 e. The Kier molecular flexibility index (Phi) is 2.42. The van der Waals surface area contributed by atoms with E-state index in [-0.39, 0.29) is 5.75 Å². The lowest BCUT2D eigenvalue weighted by molar-refractivity contribution is -0.672. The second kappa shape index (κ2) is 3.18. The zero-order valence-corrected chi connectivity index (χ0v) is 7.87. The standard InChI is InChI=1S/C7H11N2O2S/c1-9-4-3-8-7(5-9)6-12(2,10)11/h3-5H,6H2,1-2H3/q+1. The molecule has 0 saturated carbocycles. The molecule has 0 aliphatic rings. The summed E-state index contributed by atoms with van der Waals surface area (Å²) < 4.78 is 23.5. The fourth-order valence-electron chi connectivity index (χ4n) is 0.889. The van der Waals surface area contributed by atoms with Crippen LogP contribution in [-0.2, 0) is 22.6 Å². The first-order valence-corrected chi connectivity index (χ1v) is 5.51. The van der Waals surface area contributed by atoms with Crippen molar-refractivity contribution >= 4 is 9.84 Å². The molecule has 4 nitrogen and oxygen atoms in total. The van der Waals surface area contributed by atoms with Gasteiger partial charge in [0.05, 0.1) is 11.9 Å². The number of nitrogens with zero attached hydrogens (tertiary/aromatic N) is 2. The van der Waals surface area contributed by atoms with Crippen LogP contribution in [0.2, 0.25) is 0 Å². The monoisotopic (exact) mass is 187 g/mol. The van der Waals surface area contributed by atoms with Crippen molar-refractivity contribution < 1.29 is 13.0 Å². The van der Waals surface area contributed by atoms with Crippen LogP contribution in [0.15, 0.2) is 18.6 Å². The van der Waals surface area contributed by atoms with Crippen molar-refractivity contribution in [3.63, 3.8) is 0 Å². The molecule has 0 radical (unpaired) electrons. The predicted octanol–water partition coefficient (Wildman–Crippen LogP) is -0.549. The van der Waals surface area contributed by atoms with E-state index in [1.807, 2.05) is 7.05 Å². The Hall–Kier alpha value is -0.970. The Labute approximate surface area is 71.8 Å². The molecule has 0 atom stereocenters. The summed E-state index contributed by atoms with van der Waals surface area (Å²) in [5, 5.41) is 0. The van der Waals surface area contributed by atoms with Crippen molar-refractivity contribution in [2.75, 3.05) is 6.26 Å². The van der Waals surface area contributed by atoms with E-state index in [0.29, 0.717) is 5.69 Å². The molecule has 66 valence electrons. The van der Waals surface area contributed by atoms with Gasteiger partial charge in [0.15, 0.2) is 22.2 Å². The highest BCUT2D eigenvalue weighted by molar-refractivity contribution is 7.89. The molecule has 0 fully saturated rings. The van der Waals surface area contributed by atoms with E-state index < -0.39 is 9.84 Å². The SMILES string of the molecule is C[n+]1ccnc(CS(C)(=O)=O)c1. The third-order valence-electron chi connectivity index (χ3n) is 1.30. The third-order valence-corrected chi connectivity index (χ3v) is 2.13. The van der Waals surface area contributed by atoms with Crippen LogP contribution >= 0.6 is 0 Å². The summed E-state index contributed by atoms with van der Waals surface area (Å²) in [6, 6.07) is 0. The highest BCUT2D eigenvalue weighted by atomic mass is 32.2. The first-order chi connectivity index (χ1) is 5.47. The fourth-order valence-corrected chi connectivity index (χ4v) is 1.58. The Morgan fingerprint density at radius 3 is 2.75 bits per heavy atom. The normalized spacial score (nSPS) is 11.5. The molecule has 0 aliphatic heterocycles. The minimum absolute atomic E-state index is 0.00167. The van der Waals surface area contributed by atoms with Crippen molar-refractivity contribution in [3.05, 3.63) is 24.3 Å². The lowest BCUT2D eigenvalue weighted by Gasteiger charge is -1.94. The van der Waals surface area contributed by atoms with Gasteiger partial charge in [0, 0.05) is 6.26 Å². The van der Waals surface area contributed by atoms with E-state index in [1.54, 1.807) is 23.2 Å². The van der Waals surface area contributed by atoms with Crippen LogP contribution in [0.25, 0.3) is 0 Å². The summed E-state index contributed by atoms with van der Waals surface area (Å²) >= 11 is 0. The first-order valence-electron chi connectivity index (χ1n) is 3.45. The van der Waals surface area contributed by atoms with Gasteiger partial charge < -0.3 is 0 Å². The zero-order chi connectivity index (χ0) is 9.19. The van der Waals surface area contributed by atoms with Crippen LogP contribution in [0.3, 0.4) is 0 Å². The number of aromatic nitrogens is 2. The predicted molar refractivity (Wildman–Crippen MR) is 44.0 cm³/mol. The summed E-state index contributed by atoms with van der Waals surface area (Å²) in [5.74, 6) is 0.00167. The van der Waals surface area contributed by atoms with E-state index in [0.717, 1.165) is 0 Å². The molecule has 0 saturated heterocycles. The number of sulfone groups is 1. The maximum Gasteiger partial charge on any atom is 0.191 e. The van der Waals surface area contributed by atoms with E-state index in [4.69, 9.17) is 0 Å². The quantitative estimate of drug-likeness (QED) is 0.584. The van der Waals surface area contributed by atoms with Crippen molar-refractivity contribution in [1.82, 2.24) is 4.98 Å². The molecule has 0 unspecified atom stereocenters.